The van der Waals surface area contributed by atoms with Crippen LogP contribution in [0.3, 0.4) is 0 Å². The number of fused-ring (bicyclic) bond motifs is 1. The third-order valence-corrected chi connectivity index (χ3v) is 3.70. The normalized spacial score (nSPS) is 23.7. The van der Waals surface area contributed by atoms with Gasteiger partial charge in [0.2, 0.25) is 0 Å². The second-order valence-corrected chi connectivity index (χ2v) is 5.03. The quantitative estimate of drug-likeness (QED) is 0.652. The van der Waals surface area contributed by atoms with Gasteiger partial charge in [-0.05, 0) is 12.8 Å². The summed E-state index contributed by atoms with van der Waals surface area (Å²) >= 11 is 4.29. The maximum atomic E-state index is 10.9. The number of hydrazine groups is 2. The molecule has 0 saturated heterocycles. The number of aliphatic imine (C=N–C) groups is 1. The molecule has 96 valence electrons. The fourth-order valence-corrected chi connectivity index (χ4v) is 2.72. The highest BCUT2D eigenvalue weighted by Gasteiger charge is 2.32. The molecular formula is C11H14N4O2S. The third kappa shape index (κ3) is 1.89. The number of rotatable bonds is 2. The molecule has 1 fully saturated rings. The van der Waals surface area contributed by atoms with Crippen molar-refractivity contribution in [2.75, 3.05) is 0 Å². The smallest absolute Gasteiger partial charge is 0.354 e. The van der Waals surface area contributed by atoms with E-state index in [2.05, 4.69) is 23.2 Å². The van der Waals surface area contributed by atoms with Gasteiger partial charge in [-0.1, -0.05) is 12.8 Å². The van der Waals surface area contributed by atoms with Crippen LogP contribution in [0.4, 0.5) is 0 Å². The number of nitrogens with zero attached hydrogens (tertiary/aromatic N) is 3. The lowest BCUT2D eigenvalue weighted by molar-refractivity contribution is -0.129. The van der Waals surface area contributed by atoms with Gasteiger partial charge in [-0.25, -0.2) is 14.8 Å². The van der Waals surface area contributed by atoms with Gasteiger partial charge in [-0.2, -0.15) is 0 Å². The third-order valence-electron chi connectivity index (χ3n) is 3.37. The van der Waals surface area contributed by atoms with Crippen molar-refractivity contribution < 1.29 is 9.90 Å². The number of hydrogen-bond donors (Lipinski definition) is 3. The number of thiol groups is 1. The van der Waals surface area contributed by atoms with Gasteiger partial charge in [0.15, 0.2) is 11.5 Å². The van der Waals surface area contributed by atoms with Gasteiger partial charge in [0.1, 0.15) is 0 Å². The summed E-state index contributed by atoms with van der Waals surface area (Å²) in [6.07, 6.45) is 8.05. The minimum absolute atomic E-state index is 0.0116. The number of carboxylic acids is 1. The van der Waals surface area contributed by atoms with E-state index in [-0.39, 0.29) is 5.71 Å². The Bertz CT molecular complexity index is 479. The first-order valence-electron chi connectivity index (χ1n) is 5.94. The largest absolute Gasteiger partial charge is 0.477 e. The molecule has 0 bridgehead atoms. The lowest BCUT2D eigenvalue weighted by Gasteiger charge is -2.28. The highest BCUT2D eigenvalue weighted by molar-refractivity contribution is 7.84. The van der Waals surface area contributed by atoms with Crippen LogP contribution in [0, 0.1) is 0 Å². The monoisotopic (exact) mass is 266 g/mol. The minimum Gasteiger partial charge on any atom is -0.477 e. The first kappa shape index (κ1) is 11.6. The van der Waals surface area contributed by atoms with Gasteiger partial charge in [-0.3, -0.25) is 5.01 Å². The second-order valence-electron chi connectivity index (χ2n) is 4.57. The van der Waals surface area contributed by atoms with Crippen LogP contribution in [-0.2, 0) is 4.79 Å². The second kappa shape index (κ2) is 4.33. The predicted molar refractivity (Wildman–Crippen MR) is 69.3 cm³/mol. The highest BCUT2D eigenvalue weighted by Crippen LogP contribution is 2.30. The molecule has 0 aromatic carbocycles. The molecule has 0 amide bonds. The zero-order chi connectivity index (χ0) is 12.7. The topological polar surface area (TPSA) is 68.2 Å². The lowest BCUT2D eigenvalue weighted by Crippen LogP contribution is -2.44. The highest BCUT2D eigenvalue weighted by atomic mass is 32.1. The Hall–Kier alpha value is -1.47. The first-order chi connectivity index (χ1) is 8.65. The zero-order valence-electron chi connectivity index (χ0n) is 9.70. The molecule has 7 heteroatoms. The van der Waals surface area contributed by atoms with Crippen molar-refractivity contribution >= 4 is 24.3 Å². The molecule has 0 unspecified atom stereocenters. The molecule has 0 atom stereocenters. The van der Waals surface area contributed by atoms with E-state index in [1.165, 1.54) is 18.9 Å². The molecule has 0 aromatic heterocycles. The van der Waals surface area contributed by atoms with Gasteiger partial charge in [0.05, 0.1) is 11.2 Å². The molecule has 1 saturated carbocycles. The summed E-state index contributed by atoms with van der Waals surface area (Å²) in [5.41, 5.74) is 3.19. The lowest BCUT2D eigenvalue weighted by atomic mass is 10.2. The van der Waals surface area contributed by atoms with Crippen LogP contribution in [0.5, 0.6) is 0 Å². The molecule has 2 N–H and O–H groups in total. The van der Waals surface area contributed by atoms with E-state index in [0.717, 1.165) is 12.8 Å². The van der Waals surface area contributed by atoms with Crippen LogP contribution >= 0.6 is 12.6 Å². The molecule has 0 aromatic rings. The summed E-state index contributed by atoms with van der Waals surface area (Å²) in [5, 5.41) is 13.2. The van der Waals surface area contributed by atoms with Crippen molar-refractivity contribution in [3.8, 4) is 0 Å². The van der Waals surface area contributed by atoms with Gasteiger partial charge in [-0.15, -0.1) is 18.2 Å². The van der Waals surface area contributed by atoms with Crippen molar-refractivity contribution in [1.82, 2.24) is 15.6 Å². The fraction of sp³-hybridized carbons (Fsp3) is 0.455. The maximum Gasteiger partial charge on any atom is 0.354 e. The average Bonchev–Trinajstić information content (AvgIpc) is 2.96. The fourth-order valence-electron chi connectivity index (χ4n) is 2.45. The van der Waals surface area contributed by atoms with Crippen LogP contribution < -0.4 is 5.53 Å². The standard InChI is InChI=1S/C11H14N4O2S/c16-11(17)8-5-10(18)15-9(12-8)6-14(13-15)7-3-1-2-4-7/h5-7,13,18H,1-4H2,(H,16,17). The van der Waals surface area contributed by atoms with E-state index in [1.54, 1.807) is 5.01 Å². The van der Waals surface area contributed by atoms with Gasteiger partial charge >= 0.3 is 5.97 Å². The van der Waals surface area contributed by atoms with Crippen LogP contribution in [0.15, 0.2) is 28.1 Å². The van der Waals surface area contributed by atoms with Crippen LogP contribution in [-0.4, -0.2) is 32.8 Å². The van der Waals surface area contributed by atoms with E-state index in [9.17, 15) is 4.79 Å². The summed E-state index contributed by atoms with van der Waals surface area (Å²) < 4.78 is 0. The number of carbonyl (C=O) groups is 1. The van der Waals surface area contributed by atoms with E-state index in [1.807, 2.05) is 11.2 Å². The first-order valence-corrected chi connectivity index (χ1v) is 6.39. The number of aliphatic carboxylic acids is 1. The molecule has 0 spiro atoms. The van der Waals surface area contributed by atoms with Crippen molar-refractivity contribution in [2.24, 2.45) is 4.99 Å². The van der Waals surface area contributed by atoms with Gasteiger partial charge in [0.25, 0.3) is 0 Å². The zero-order valence-corrected chi connectivity index (χ0v) is 10.6. The van der Waals surface area contributed by atoms with Crippen molar-refractivity contribution in [3.63, 3.8) is 0 Å². The van der Waals surface area contributed by atoms with E-state index in [0.29, 0.717) is 16.9 Å². The molecule has 0 radical (unpaired) electrons. The molecule has 2 aliphatic heterocycles. The molecule has 1 aliphatic carbocycles. The Kier molecular flexibility index (Phi) is 2.79. The molecule has 3 aliphatic rings. The predicted octanol–water partition coefficient (Wildman–Crippen LogP) is 1.08. The van der Waals surface area contributed by atoms with Crippen molar-refractivity contribution in [3.05, 3.63) is 23.1 Å². The Morgan fingerprint density at radius 1 is 1.50 bits per heavy atom. The minimum atomic E-state index is -1.04. The molecular weight excluding hydrogens is 252 g/mol. The van der Waals surface area contributed by atoms with Crippen LogP contribution in [0.25, 0.3) is 0 Å². The Morgan fingerprint density at radius 3 is 2.89 bits per heavy atom. The number of nitrogens with one attached hydrogen (secondary N) is 1. The Morgan fingerprint density at radius 2 is 2.22 bits per heavy atom. The SMILES string of the molecule is O=C(O)C1=NC2=CN(C3CCCC3)NN2C(S)=C1. The summed E-state index contributed by atoms with van der Waals surface area (Å²) in [6, 6.07) is 0.452. The molecule has 18 heavy (non-hydrogen) atoms. The summed E-state index contributed by atoms with van der Waals surface area (Å²) in [7, 11) is 0. The van der Waals surface area contributed by atoms with E-state index >= 15 is 0 Å². The van der Waals surface area contributed by atoms with E-state index < -0.39 is 5.97 Å². The van der Waals surface area contributed by atoms with Gasteiger partial charge in [0, 0.05) is 12.1 Å². The van der Waals surface area contributed by atoms with Crippen LogP contribution in [0.2, 0.25) is 0 Å². The molecule has 2 heterocycles. The van der Waals surface area contributed by atoms with Crippen molar-refractivity contribution in [2.45, 2.75) is 31.7 Å². The van der Waals surface area contributed by atoms with Gasteiger partial charge < -0.3 is 5.11 Å². The summed E-state index contributed by atoms with van der Waals surface area (Å²) in [4.78, 5) is 15.0. The maximum absolute atomic E-state index is 10.9. The van der Waals surface area contributed by atoms with Crippen LogP contribution in [0.1, 0.15) is 25.7 Å². The summed E-state index contributed by atoms with van der Waals surface area (Å²) in [5.74, 6) is -0.465. The Labute approximate surface area is 110 Å². The number of carboxylic acid groups (broad SMARTS) is 1. The summed E-state index contributed by atoms with van der Waals surface area (Å²) in [6.45, 7) is 0. The van der Waals surface area contributed by atoms with E-state index in [4.69, 9.17) is 5.11 Å². The Balaban J connectivity index is 1.85. The molecule has 6 nitrogen and oxygen atoms in total. The molecule has 3 rings (SSSR count). The average molecular weight is 266 g/mol. The number of hydrogen-bond acceptors (Lipinski definition) is 6. The van der Waals surface area contributed by atoms with Crippen molar-refractivity contribution in [1.29, 1.82) is 0 Å².